The van der Waals surface area contributed by atoms with E-state index in [1.54, 1.807) is 0 Å². The Morgan fingerprint density at radius 2 is 0.718 bits per heavy atom. The summed E-state index contributed by atoms with van der Waals surface area (Å²) in [6.45, 7) is 2.13. The maximum Gasteiger partial charge on any atom is 0.127 e. The lowest BCUT2D eigenvalue weighted by atomic mass is 9.93. The molecule has 0 bridgehead atoms. The van der Waals surface area contributed by atoms with Crippen molar-refractivity contribution in [3.63, 3.8) is 0 Å². The summed E-state index contributed by atoms with van der Waals surface area (Å²) in [6, 6.07) is 51.7. The molecule has 0 amide bonds. The summed E-state index contributed by atoms with van der Waals surface area (Å²) < 4.78 is 12.0. The first-order valence-corrected chi connectivity index (χ1v) is 13.1. The molecular formula is C37H28O2. The third kappa shape index (κ3) is 5.92. The Bertz CT molecular complexity index is 1570. The van der Waals surface area contributed by atoms with Crippen LogP contribution in [0.15, 0.2) is 152 Å². The lowest BCUT2D eigenvalue weighted by Gasteiger charge is -2.13. The SMILES string of the molecule is Cc1cccc(-c2cc(-c3ccc(Oc4ccccc4)cc3)cc(-c3ccc(Oc4ccccc4)cc3)c2)c1. The van der Waals surface area contributed by atoms with E-state index in [0.717, 1.165) is 45.3 Å². The molecule has 0 saturated heterocycles. The first kappa shape index (κ1) is 24.3. The van der Waals surface area contributed by atoms with Gasteiger partial charge in [0.2, 0.25) is 0 Å². The summed E-state index contributed by atoms with van der Waals surface area (Å²) in [5.41, 5.74) is 8.20. The molecule has 0 radical (unpaired) electrons. The van der Waals surface area contributed by atoms with Gasteiger partial charge in [0.1, 0.15) is 23.0 Å². The van der Waals surface area contributed by atoms with Crippen LogP contribution in [0.1, 0.15) is 5.56 Å². The van der Waals surface area contributed by atoms with Gasteiger partial charge in [-0.05, 0) is 107 Å². The van der Waals surface area contributed by atoms with Crippen molar-refractivity contribution < 1.29 is 9.47 Å². The average Bonchev–Trinajstić information content (AvgIpc) is 2.99. The largest absolute Gasteiger partial charge is 0.457 e. The van der Waals surface area contributed by atoms with Crippen LogP contribution in [0.2, 0.25) is 0 Å². The van der Waals surface area contributed by atoms with E-state index < -0.39 is 0 Å². The number of aryl methyl sites for hydroxylation is 1. The van der Waals surface area contributed by atoms with E-state index in [-0.39, 0.29) is 0 Å². The van der Waals surface area contributed by atoms with E-state index in [2.05, 4.69) is 73.7 Å². The van der Waals surface area contributed by atoms with Gasteiger partial charge >= 0.3 is 0 Å². The van der Waals surface area contributed by atoms with Crippen molar-refractivity contribution in [3.05, 3.63) is 157 Å². The van der Waals surface area contributed by atoms with Crippen molar-refractivity contribution in [3.8, 4) is 56.4 Å². The second kappa shape index (κ2) is 11.1. The fourth-order valence-electron chi connectivity index (χ4n) is 4.63. The molecule has 0 spiro atoms. The monoisotopic (exact) mass is 504 g/mol. The third-order valence-corrected chi connectivity index (χ3v) is 6.62. The fraction of sp³-hybridized carbons (Fsp3) is 0.0270. The van der Waals surface area contributed by atoms with E-state index in [4.69, 9.17) is 9.47 Å². The second-order valence-corrected chi connectivity index (χ2v) is 9.55. The van der Waals surface area contributed by atoms with Gasteiger partial charge in [0.25, 0.3) is 0 Å². The fourth-order valence-corrected chi connectivity index (χ4v) is 4.63. The van der Waals surface area contributed by atoms with Crippen LogP contribution in [-0.4, -0.2) is 0 Å². The normalized spacial score (nSPS) is 10.7. The molecule has 6 aromatic carbocycles. The second-order valence-electron chi connectivity index (χ2n) is 9.55. The molecule has 39 heavy (non-hydrogen) atoms. The van der Waals surface area contributed by atoms with Crippen LogP contribution in [-0.2, 0) is 0 Å². The highest BCUT2D eigenvalue weighted by atomic mass is 16.5. The molecule has 0 heterocycles. The van der Waals surface area contributed by atoms with Gasteiger partial charge in [-0.25, -0.2) is 0 Å². The maximum atomic E-state index is 6.01. The molecule has 0 saturated carbocycles. The molecule has 6 rings (SSSR count). The zero-order valence-corrected chi connectivity index (χ0v) is 21.8. The van der Waals surface area contributed by atoms with Crippen molar-refractivity contribution in [1.29, 1.82) is 0 Å². The van der Waals surface area contributed by atoms with Gasteiger partial charge in [0.15, 0.2) is 0 Å². The average molecular weight is 505 g/mol. The van der Waals surface area contributed by atoms with Gasteiger partial charge in [-0.2, -0.15) is 0 Å². The molecule has 0 aliphatic carbocycles. The highest BCUT2D eigenvalue weighted by molar-refractivity contribution is 5.81. The summed E-state index contributed by atoms with van der Waals surface area (Å²) in [5, 5.41) is 0. The van der Waals surface area contributed by atoms with Crippen LogP contribution in [0, 0.1) is 6.92 Å². The molecule has 6 aromatic rings. The summed E-state index contributed by atoms with van der Waals surface area (Å²) in [6.07, 6.45) is 0. The molecule has 0 unspecified atom stereocenters. The standard InChI is InChI=1S/C37H28O2/c1-27-9-8-10-30(23-27)33-25-31(28-15-19-36(20-16-28)38-34-11-4-2-5-12-34)24-32(26-33)29-17-21-37(22-18-29)39-35-13-6-3-7-14-35/h2-26H,1H3. The predicted octanol–water partition coefficient (Wildman–Crippen LogP) is 10.6. The third-order valence-electron chi connectivity index (χ3n) is 6.62. The Morgan fingerprint density at radius 1 is 0.308 bits per heavy atom. The van der Waals surface area contributed by atoms with Gasteiger partial charge in [0.05, 0.1) is 0 Å². The number of hydrogen-bond donors (Lipinski definition) is 0. The van der Waals surface area contributed by atoms with Gasteiger partial charge in [0, 0.05) is 0 Å². The lowest BCUT2D eigenvalue weighted by Crippen LogP contribution is -1.88. The molecule has 0 aliphatic rings. The summed E-state index contributed by atoms with van der Waals surface area (Å²) in [7, 11) is 0. The van der Waals surface area contributed by atoms with E-state index in [0.29, 0.717) is 0 Å². The highest BCUT2D eigenvalue weighted by Gasteiger charge is 2.09. The molecule has 0 aromatic heterocycles. The smallest absolute Gasteiger partial charge is 0.127 e. The Morgan fingerprint density at radius 3 is 1.15 bits per heavy atom. The van der Waals surface area contributed by atoms with Crippen LogP contribution < -0.4 is 9.47 Å². The number of benzene rings is 6. The minimum absolute atomic E-state index is 0.814. The molecule has 2 heteroatoms. The maximum absolute atomic E-state index is 6.01. The summed E-state index contributed by atoms with van der Waals surface area (Å²) in [5.74, 6) is 3.28. The first-order valence-electron chi connectivity index (χ1n) is 13.1. The lowest BCUT2D eigenvalue weighted by molar-refractivity contribution is 0.482. The van der Waals surface area contributed by atoms with Crippen LogP contribution >= 0.6 is 0 Å². The summed E-state index contributed by atoms with van der Waals surface area (Å²) >= 11 is 0. The highest BCUT2D eigenvalue weighted by Crippen LogP contribution is 2.35. The van der Waals surface area contributed by atoms with Crippen LogP contribution in [0.3, 0.4) is 0 Å². The zero-order valence-electron chi connectivity index (χ0n) is 21.8. The number of ether oxygens (including phenoxy) is 2. The van der Waals surface area contributed by atoms with Crippen LogP contribution in [0.4, 0.5) is 0 Å². The molecule has 0 aliphatic heterocycles. The van der Waals surface area contributed by atoms with Gasteiger partial charge < -0.3 is 9.47 Å². The molecule has 0 atom stereocenters. The first-order chi connectivity index (χ1) is 19.2. The molecule has 188 valence electrons. The Hall–Kier alpha value is -5.08. The Kier molecular flexibility index (Phi) is 6.92. The van der Waals surface area contributed by atoms with Crippen LogP contribution in [0.25, 0.3) is 33.4 Å². The van der Waals surface area contributed by atoms with Gasteiger partial charge in [-0.15, -0.1) is 0 Å². The van der Waals surface area contributed by atoms with Crippen molar-refractivity contribution in [2.45, 2.75) is 6.92 Å². The minimum Gasteiger partial charge on any atom is -0.457 e. The van der Waals surface area contributed by atoms with Crippen molar-refractivity contribution in [2.24, 2.45) is 0 Å². The van der Waals surface area contributed by atoms with Crippen molar-refractivity contribution in [1.82, 2.24) is 0 Å². The van der Waals surface area contributed by atoms with Crippen LogP contribution in [0.5, 0.6) is 23.0 Å². The molecule has 0 fully saturated rings. The van der Waals surface area contributed by atoms with E-state index in [9.17, 15) is 0 Å². The molecule has 0 N–H and O–H groups in total. The quantitative estimate of drug-likeness (QED) is 0.215. The Labute approximate surface area is 229 Å². The van der Waals surface area contributed by atoms with Crippen molar-refractivity contribution in [2.75, 3.05) is 0 Å². The Balaban J connectivity index is 1.34. The molecule has 2 nitrogen and oxygen atoms in total. The predicted molar refractivity (Wildman–Crippen MR) is 161 cm³/mol. The van der Waals surface area contributed by atoms with Gasteiger partial charge in [-0.1, -0.05) is 90.5 Å². The topological polar surface area (TPSA) is 18.5 Å². The number of rotatable bonds is 7. The minimum atomic E-state index is 0.814. The summed E-state index contributed by atoms with van der Waals surface area (Å²) in [4.78, 5) is 0. The van der Waals surface area contributed by atoms with E-state index in [1.165, 1.54) is 16.7 Å². The zero-order chi connectivity index (χ0) is 26.4. The molecular weight excluding hydrogens is 476 g/mol. The van der Waals surface area contributed by atoms with E-state index in [1.807, 2.05) is 84.9 Å². The van der Waals surface area contributed by atoms with E-state index >= 15 is 0 Å². The van der Waals surface area contributed by atoms with Gasteiger partial charge in [-0.3, -0.25) is 0 Å². The number of para-hydroxylation sites is 2. The van der Waals surface area contributed by atoms with Crippen molar-refractivity contribution >= 4 is 0 Å². The number of hydrogen-bond acceptors (Lipinski definition) is 2.